The first-order valence-corrected chi connectivity index (χ1v) is 6.93. The Kier molecular flexibility index (Phi) is 5.05. The summed E-state index contributed by atoms with van der Waals surface area (Å²) in [5.41, 5.74) is 1.28. The van der Waals surface area contributed by atoms with Gasteiger partial charge in [0, 0.05) is 12.6 Å². The van der Waals surface area contributed by atoms with Crippen molar-refractivity contribution in [2.45, 2.75) is 25.3 Å². The Labute approximate surface area is 118 Å². The maximum absolute atomic E-state index is 11.5. The fourth-order valence-electron chi connectivity index (χ4n) is 2.24. The summed E-state index contributed by atoms with van der Waals surface area (Å²) in [6.45, 7) is 1.88. The van der Waals surface area contributed by atoms with Crippen LogP contribution in [0.5, 0.6) is 0 Å². The van der Waals surface area contributed by atoms with E-state index in [-0.39, 0.29) is 5.97 Å². The third-order valence-electron chi connectivity index (χ3n) is 3.34. The van der Waals surface area contributed by atoms with Crippen LogP contribution in [0.15, 0.2) is 18.2 Å². The number of carbonyl (C=O) groups excluding carboxylic acids is 1. The summed E-state index contributed by atoms with van der Waals surface area (Å²) in [7, 11) is 1.37. The second-order valence-electron chi connectivity index (χ2n) is 4.71. The Morgan fingerprint density at radius 2 is 2.37 bits per heavy atom. The van der Waals surface area contributed by atoms with Crippen molar-refractivity contribution in [2.24, 2.45) is 0 Å². The van der Waals surface area contributed by atoms with Crippen LogP contribution in [-0.2, 0) is 4.74 Å². The minimum absolute atomic E-state index is 0.351. The first-order chi connectivity index (χ1) is 9.20. The summed E-state index contributed by atoms with van der Waals surface area (Å²) in [4.78, 5) is 11.5. The zero-order valence-electron chi connectivity index (χ0n) is 11.0. The van der Waals surface area contributed by atoms with Gasteiger partial charge in [0.05, 0.1) is 23.4 Å². The van der Waals surface area contributed by atoms with Gasteiger partial charge in [-0.15, -0.1) is 0 Å². The molecule has 104 valence electrons. The largest absolute Gasteiger partial charge is 0.465 e. The Hall–Kier alpha value is -1.26. The molecule has 1 fully saturated rings. The lowest BCUT2D eigenvalue weighted by Crippen LogP contribution is -2.39. The van der Waals surface area contributed by atoms with Crippen LogP contribution in [0.4, 0.5) is 5.69 Å². The molecule has 1 saturated heterocycles. The molecule has 0 aromatic heterocycles. The van der Waals surface area contributed by atoms with E-state index in [0.29, 0.717) is 16.6 Å². The van der Waals surface area contributed by atoms with E-state index >= 15 is 0 Å². The minimum Gasteiger partial charge on any atom is -0.465 e. The van der Waals surface area contributed by atoms with Crippen LogP contribution in [0.2, 0.25) is 5.02 Å². The highest BCUT2D eigenvalue weighted by atomic mass is 35.5. The molecule has 1 heterocycles. The molecule has 2 N–H and O–H groups in total. The molecule has 0 amide bonds. The van der Waals surface area contributed by atoms with Gasteiger partial charge < -0.3 is 15.4 Å². The van der Waals surface area contributed by atoms with Gasteiger partial charge in [0.25, 0.3) is 0 Å². The Bertz CT molecular complexity index is 445. The van der Waals surface area contributed by atoms with Crippen molar-refractivity contribution in [1.29, 1.82) is 0 Å². The molecule has 0 aliphatic carbocycles. The molecular formula is C14H19ClN2O2. The van der Waals surface area contributed by atoms with Crippen molar-refractivity contribution < 1.29 is 9.53 Å². The smallest absolute Gasteiger partial charge is 0.337 e. The van der Waals surface area contributed by atoms with E-state index in [0.717, 1.165) is 18.8 Å². The lowest BCUT2D eigenvalue weighted by atomic mass is 10.0. The van der Waals surface area contributed by atoms with Crippen molar-refractivity contribution >= 4 is 23.3 Å². The van der Waals surface area contributed by atoms with Crippen molar-refractivity contribution in [2.75, 3.05) is 25.5 Å². The molecule has 1 aromatic carbocycles. The number of nitrogens with one attached hydrogen (secondary N) is 2. The predicted molar refractivity (Wildman–Crippen MR) is 76.9 cm³/mol. The van der Waals surface area contributed by atoms with Gasteiger partial charge in [-0.25, -0.2) is 4.79 Å². The normalized spacial score (nSPS) is 18.9. The quantitative estimate of drug-likeness (QED) is 0.834. The van der Waals surface area contributed by atoms with E-state index in [1.165, 1.54) is 26.4 Å². The van der Waals surface area contributed by atoms with Crippen LogP contribution >= 0.6 is 11.6 Å². The number of anilines is 1. The highest BCUT2D eigenvalue weighted by Crippen LogP contribution is 2.23. The zero-order valence-corrected chi connectivity index (χ0v) is 11.8. The molecule has 1 atom stereocenters. The SMILES string of the molecule is COC(=O)c1ccc(Cl)c(NCC2CCCCN2)c1. The number of esters is 1. The fraction of sp³-hybridized carbons (Fsp3) is 0.500. The summed E-state index contributed by atoms with van der Waals surface area (Å²) in [5, 5.41) is 7.37. The zero-order chi connectivity index (χ0) is 13.7. The molecule has 5 heteroatoms. The molecule has 0 saturated carbocycles. The van der Waals surface area contributed by atoms with Gasteiger partial charge in [0.15, 0.2) is 0 Å². The average molecular weight is 283 g/mol. The molecule has 2 rings (SSSR count). The van der Waals surface area contributed by atoms with Crippen molar-refractivity contribution in [3.8, 4) is 0 Å². The lowest BCUT2D eigenvalue weighted by molar-refractivity contribution is 0.0601. The van der Waals surface area contributed by atoms with Gasteiger partial charge in [0.2, 0.25) is 0 Å². The number of carbonyl (C=O) groups is 1. The first-order valence-electron chi connectivity index (χ1n) is 6.56. The molecule has 1 aliphatic rings. The number of hydrogen-bond acceptors (Lipinski definition) is 4. The molecule has 0 spiro atoms. The van der Waals surface area contributed by atoms with Gasteiger partial charge in [-0.3, -0.25) is 0 Å². The number of ether oxygens (including phenoxy) is 1. The van der Waals surface area contributed by atoms with Gasteiger partial charge in [-0.1, -0.05) is 18.0 Å². The molecule has 0 radical (unpaired) electrons. The summed E-state index contributed by atoms with van der Waals surface area (Å²) < 4.78 is 4.70. The number of hydrogen-bond donors (Lipinski definition) is 2. The molecule has 1 aliphatic heterocycles. The second kappa shape index (κ2) is 6.78. The molecule has 4 nitrogen and oxygen atoms in total. The number of methoxy groups -OCH3 is 1. The number of benzene rings is 1. The van der Waals surface area contributed by atoms with Crippen LogP contribution in [0.1, 0.15) is 29.6 Å². The second-order valence-corrected chi connectivity index (χ2v) is 5.12. The third kappa shape index (κ3) is 3.85. The standard InChI is InChI=1S/C14H19ClN2O2/c1-19-14(18)10-5-6-12(15)13(8-10)17-9-11-4-2-3-7-16-11/h5-6,8,11,16-17H,2-4,7,9H2,1H3. The topological polar surface area (TPSA) is 50.4 Å². The summed E-state index contributed by atoms with van der Waals surface area (Å²) in [6.07, 6.45) is 3.67. The Balaban J connectivity index is 2.00. The van der Waals surface area contributed by atoms with E-state index in [2.05, 4.69) is 10.6 Å². The molecule has 19 heavy (non-hydrogen) atoms. The van der Waals surface area contributed by atoms with Crippen molar-refractivity contribution in [1.82, 2.24) is 5.32 Å². The van der Waals surface area contributed by atoms with Gasteiger partial charge >= 0.3 is 5.97 Å². The Morgan fingerprint density at radius 1 is 1.53 bits per heavy atom. The monoisotopic (exact) mass is 282 g/mol. The first kappa shape index (κ1) is 14.2. The molecule has 0 bridgehead atoms. The fourth-order valence-corrected chi connectivity index (χ4v) is 2.42. The van der Waals surface area contributed by atoms with E-state index in [9.17, 15) is 4.79 Å². The minimum atomic E-state index is -0.351. The summed E-state index contributed by atoms with van der Waals surface area (Å²) in [5.74, 6) is -0.351. The Morgan fingerprint density at radius 3 is 3.05 bits per heavy atom. The van der Waals surface area contributed by atoms with Crippen LogP contribution in [-0.4, -0.2) is 32.2 Å². The van der Waals surface area contributed by atoms with E-state index in [4.69, 9.17) is 16.3 Å². The van der Waals surface area contributed by atoms with Gasteiger partial charge in [0.1, 0.15) is 0 Å². The summed E-state index contributed by atoms with van der Waals surface area (Å²) >= 11 is 6.13. The maximum atomic E-state index is 11.5. The van der Waals surface area contributed by atoms with Crippen LogP contribution in [0, 0.1) is 0 Å². The molecule has 1 aromatic rings. The van der Waals surface area contributed by atoms with Crippen LogP contribution < -0.4 is 10.6 Å². The average Bonchev–Trinajstić information content (AvgIpc) is 2.46. The highest BCUT2D eigenvalue weighted by molar-refractivity contribution is 6.33. The number of halogens is 1. The van der Waals surface area contributed by atoms with Crippen LogP contribution in [0.3, 0.4) is 0 Å². The number of piperidine rings is 1. The molecule has 1 unspecified atom stereocenters. The van der Waals surface area contributed by atoms with Crippen LogP contribution in [0.25, 0.3) is 0 Å². The number of rotatable bonds is 4. The summed E-state index contributed by atoms with van der Waals surface area (Å²) in [6, 6.07) is 5.58. The van der Waals surface area contributed by atoms with E-state index in [1.54, 1.807) is 18.2 Å². The van der Waals surface area contributed by atoms with Gasteiger partial charge in [-0.2, -0.15) is 0 Å². The predicted octanol–water partition coefficient (Wildman–Crippen LogP) is 2.68. The van der Waals surface area contributed by atoms with Gasteiger partial charge in [-0.05, 0) is 37.6 Å². The van der Waals surface area contributed by atoms with E-state index < -0.39 is 0 Å². The highest BCUT2D eigenvalue weighted by Gasteiger charge is 2.13. The van der Waals surface area contributed by atoms with Crippen molar-refractivity contribution in [3.05, 3.63) is 28.8 Å². The maximum Gasteiger partial charge on any atom is 0.337 e. The lowest BCUT2D eigenvalue weighted by Gasteiger charge is -2.24. The van der Waals surface area contributed by atoms with Crippen molar-refractivity contribution in [3.63, 3.8) is 0 Å². The molecular weight excluding hydrogens is 264 g/mol. The third-order valence-corrected chi connectivity index (χ3v) is 3.67. The van der Waals surface area contributed by atoms with E-state index in [1.807, 2.05) is 0 Å².